The molecule has 7 heteroatoms. The Hall–Kier alpha value is -1.56. The van der Waals surface area contributed by atoms with E-state index >= 15 is 0 Å². The molecule has 104 valence electrons. The molecule has 0 aliphatic rings. The molecule has 0 spiro atoms. The molecule has 2 aromatic rings. The summed E-state index contributed by atoms with van der Waals surface area (Å²) in [4.78, 5) is 15.4. The van der Waals surface area contributed by atoms with Gasteiger partial charge in [-0.15, -0.1) is 24.8 Å². The highest BCUT2D eigenvalue weighted by Gasteiger charge is 2.13. The number of imidazole rings is 1. The van der Waals surface area contributed by atoms with E-state index in [9.17, 15) is 4.79 Å². The number of carbonyl (C=O) groups excluding carboxylic acids is 1. The first kappa shape index (κ1) is 17.4. The molecular formula is C12H16Cl2N4O. The van der Waals surface area contributed by atoms with E-state index in [1.54, 1.807) is 10.9 Å². The van der Waals surface area contributed by atoms with Crippen LogP contribution in [0.4, 0.5) is 5.82 Å². The van der Waals surface area contributed by atoms with Crippen LogP contribution in [0.15, 0.2) is 36.7 Å². The molecule has 1 aromatic carbocycles. The molecule has 0 amide bonds. The molecule has 0 atom stereocenters. The van der Waals surface area contributed by atoms with Crippen molar-refractivity contribution in [2.75, 3.05) is 12.3 Å². The van der Waals surface area contributed by atoms with Crippen LogP contribution in [0.25, 0.3) is 0 Å². The van der Waals surface area contributed by atoms with Gasteiger partial charge in [0.15, 0.2) is 5.78 Å². The molecular weight excluding hydrogens is 287 g/mol. The lowest BCUT2D eigenvalue weighted by molar-refractivity contribution is 0.0998. The van der Waals surface area contributed by atoms with E-state index in [-0.39, 0.29) is 42.8 Å². The van der Waals surface area contributed by atoms with E-state index in [1.165, 1.54) is 0 Å². The number of nitrogens with zero attached hydrogens (tertiary/aromatic N) is 2. The second-order valence-electron chi connectivity index (χ2n) is 3.72. The summed E-state index contributed by atoms with van der Waals surface area (Å²) in [5, 5.41) is 0. The maximum absolute atomic E-state index is 11.4. The molecule has 0 aliphatic heterocycles. The van der Waals surface area contributed by atoms with Crippen molar-refractivity contribution in [3.63, 3.8) is 0 Å². The topological polar surface area (TPSA) is 86.9 Å². The average Bonchev–Trinajstić information content (AvgIpc) is 2.72. The number of benzene rings is 1. The van der Waals surface area contributed by atoms with Gasteiger partial charge >= 0.3 is 0 Å². The van der Waals surface area contributed by atoms with Crippen LogP contribution in [0.2, 0.25) is 0 Å². The van der Waals surface area contributed by atoms with Gasteiger partial charge in [-0.2, -0.15) is 0 Å². The van der Waals surface area contributed by atoms with E-state index in [4.69, 9.17) is 11.5 Å². The van der Waals surface area contributed by atoms with E-state index in [0.717, 1.165) is 5.56 Å². The fourth-order valence-corrected chi connectivity index (χ4v) is 1.61. The predicted octanol–water partition coefficient (Wildman–Crippen LogP) is 1.50. The Morgan fingerprint density at radius 3 is 2.42 bits per heavy atom. The van der Waals surface area contributed by atoms with Crippen molar-refractivity contribution in [3.8, 4) is 0 Å². The van der Waals surface area contributed by atoms with Gasteiger partial charge in [-0.1, -0.05) is 30.3 Å². The third-order valence-corrected chi connectivity index (χ3v) is 2.52. The zero-order valence-corrected chi connectivity index (χ0v) is 11.8. The lowest BCUT2D eigenvalue weighted by atomic mass is 10.2. The highest BCUT2D eigenvalue weighted by Crippen LogP contribution is 2.12. The largest absolute Gasteiger partial charge is 0.383 e. The van der Waals surface area contributed by atoms with Crippen LogP contribution < -0.4 is 11.5 Å². The van der Waals surface area contributed by atoms with Gasteiger partial charge in [0, 0.05) is 0 Å². The monoisotopic (exact) mass is 302 g/mol. The van der Waals surface area contributed by atoms with Crippen LogP contribution in [0.1, 0.15) is 16.1 Å². The van der Waals surface area contributed by atoms with Crippen molar-refractivity contribution >= 4 is 36.4 Å². The first-order valence-electron chi connectivity index (χ1n) is 5.30. The minimum absolute atomic E-state index is 0. The minimum atomic E-state index is -0.241. The maximum Gasteiger partial charge on any atom is 0.198 e. The quantitative estimate of drug-likeness (QED) is 0.838. The summed E-state index contributed by atoms with van der Waals surface area (Å²) in [6.45, 7) is 0.518. The van der Waals surface area contributed by atoms with Gasteiger partial charge in [0.2, 0.25) is 0 Å². The molecule has 0 aliphatic carbocycles. The number of hydrogen-bond donors (Lipinski definition) is 2. The summed E-state index contributed by atoms with van der Waals surface area (Å²) in [6.07, 6.45) is 1.56. The number of carbonyl (C=O) groups is 1. The molecule has 19 heavy (non-hydrogen) atoms. The minimum Gasteiger partial charge on any atom is -0.383 e. The lowest BCUT2D eigenvalue weighted by Crippen LogP contribution is -2.16. The van der Waals surface area contributed by atoms with Gasteiger partial charge < -0.3 is 16.0 Å². The number of hydrogen-bond acceptors (Lipinski definition) is 4. The number of Topliss-reactive ketones (excluding diaryl/α,β-unsaturated/α-hetero) is 1. The van der Waals surface area contributed by atoms with E-state index in [1.807, 2.05) is 30.3 Å². The van der Waals surface area contributed by atoms with Gasteiger partial charge in [-0.25, -0.2) is 4.98 Å². The van der Waals surface area contributed by atoms with Crippen LogP contribution in [-0.2, 0) is 6.54 Å². The fourth-order valence-electron chi connectivity index (χ4n) is 1.61. The Balaban J connectivity index is 0.00000162. The van der Waals surface area contributed by atoms with Crippen molar-refractivity contribution in [1.29, 1.82) is 0 Å². The molecule has 0 saturated carbocycles. The molecule has 2 rings (SSSR count). The smallest absolute Gasteiger partial charge is 0.198 e. The Kier molecular flexibility index (Phi) is 7.14. The van der Waals surface area contributed by atoms with E-state index < -0.39 is 0 Å². The number of nitrogens with two attached hydrogens (primary N) is 2. The number of ketones is 1. The summed E-state index contributed by atoms with van der Waals surface area (Å²) in [5.74, 6) is 0.124. The second-order valence-corrected chi connectivity index (χ2v) is 3.72. The number of nitrogen functional groups attached to an aromatic ring is 1. The van der Waals surface area contributed by atoms with Crippen LogP contribution in [0.5, 0.6) is 0 Å². The number of rotatable bonds is 4. The van der Waals surface area contributed by atoms with Crippen LogP contribution >= 0.6 is 24.8 Å². The third kappa shape index (κ3) is 3.96. The van der Waals surface area contributed by atoms with Crippen molar-refractivity contribution in [2.45, 2.75) is 6.54 Å². The summed E-state index contributed by atoms with van der Waals surface area (Å²) in [6, 6.07) is 9.83. The highest BCUT2D eigenvalue weighted by atomic mass is 35.5. The normalized spacial score (nSPS) is 9.32. The van der Waals surface area contributed by atoms with Crippen molar-refractivity contribution in [2.24, 2.45) is 5.73 Å². The zero-order valence-electron chi connectivity index (χ0n) is 10.2. The van der Waals surface area contributed by atoms with Crippen molar-refractivity contribution < 1.29 is 4.79 Å². The zero-order chi connectivity index (χ0) is 12.3. The van der Waals surface area contributed by atoms with Gasteiger partial charge in [0.25, 0.3) is 0 Å². The molecule has 1 heterocycles. The average molecular weight is 303 g/mol. The number of anilines is 1. The molecule has 0 radical (unpaired) electrons. The van der Waals surface area contributed by atoms with Crippen LogP contribution in [-0.4, -0.2) is 21.9 Å². The highest BCUT2D eigenvalue weighted by molar-refractivity contribution is 5.99. The molecule has 0 saturated heterocycles. The number of aromatic nitrogens is 2. The van der Waals surface area contributed by atoms with Crippen molar-refractivity contribution in [3.05, 3.63) is 47.9 Å². The molecule has 0 unspecified atom stereocenters. The van der Waals surface area contributed by atoms with Gasteiger partial charge in [-0.05, 0) is 5.56 Å². The molecule has 1 aromatic heterocycles. The predicted molar refractivity (Wildman–Crippen MR) is 80.1 cm³/mol. The maximum atomic E-state index is 11.4. The van der Waals surface area contributed by atoms with Gasteiger partial charge in [0.05, 0.1) is 19.4 Å². The Morgan fingerprint density at radius 1 is 1.21 bits per heavy atom. The van der Waals surface area contributed by atoms with Gasteiger partial charge in [0.1, 0.15) is 11.5 Å². The Bertz CT molecular complexity index is 528. The summed E-state index contributed by atoms with van der Waals surface area (Å²) < 4.78 is 1.73. The Labute approximate surface area is 123 Å². The fraction of sp³-hybridized carbons (Fsp3) is 0.167. The van der Waals surface area contributed by atoms with E-state index in [0.29, 0.717) is 12.4 Å². The summed E-state index contributed by atoms with van der Waals surface area (Å²) >= 11 is 0. The second kappa shape index (κ2) is 7.78. The number of halogens is 2. The van der Waals surface area contributed by atoms with Crippen LogP contribution in [0, 0.1) is 0 Å². The van der Waals surface area contributed by atoms with Crippen molar-refractivity contribution in [1.82, 2.24) is 9.55 Å². The first-order valence-corrected chi connectivity index (χ1v) is 5.30. The van der Waals surface area contributed by atoms with Crippen LogP contribution in [0.3, 0.4) is 0 Å². The van der Waals surface area contributed by atoms with Gasteiger partial charge in [-0.3, -0.25) is 4.79 Å². The lowest BCUT2D eigenvalue weighted by Gasteiger charge is -2.05. The first-order chi connectivity index (χ1) is 8.22. The molecule has 4 N–H and O–H groups in total. The molecule has 0 fully saturated rings. The molecule has 5 nitrogen and oxygen atoms in total. The molecule has 0 bridgehead atoms. The van der Waals surface area contributed by atoms with E-state index in [2.05, 4.69) is 4.98 Å². The summed E-state index contributed by atoms with van der Waals surface area (Å²) in [7, 11) is 0. The summed E-state index contributed by atoms with van der Waals surface area (Å²) in [5.41, 5.74) is 12.5. The SMILES string of the molecule is Cl.Cl.NCC(=O)c1ncn(Cc2ccccc2)c1N. The third-order valence-electron chi connectivity index (χ3n) is 2.52. The Morgan fingerprint density at radius 2 is 1.84 bits per heavy atom. The standard InChI is InChI=1S/C12H14N4O.2ClH/c13-6-10(17)11-12(14)16(8-15-11)7-9-4-2-1-3-5-9;;/h1-5,8H,6-7,13-14H2;2*1H.